The lowest BCUT2D eigenvalue weighted by Gasteiger charge is -2.56. The first-order valence-corrected chi connectivity index (χ1v) is 10.5. The maximum atomic E-state index is 12.8. The predicted molar refractivity (Wildman–Crippen MR) is 101 cm³/mol. The summed E-state index contributed by atoms with van der Waals surface area (Å²) in [7, 11) is 0. The second-order valence-corrected chi connectivity index (χ2v) is 9.21. The number of nitro benzene ring substituents is 1. The van der Waals surface area contributed by atoms with Gasteiger partial charge in [-0.1, -0.05) is 0 Å². The van der Waals surface area contributed by atoms with E-state index in [0.717, 1.165) is 55.9 Å². The molecule has 0 spiro atoms. The quantitative estimate of drug-likeness (QED) is 0.651. The van der Waals surface area contributed by atoms with E-state index in [2.05, 4.69) is 0 Å². The number of nitrogens with one attached hydrogen (secondary N) is 1. The van der Waals surface area contributed by atoms with Gasteiger partial charge in [-0.25, -0.2) is 0 Å². The first-order valence-electron chi connectivity index (χ1n) is 10.5. The van der Waals surface area contributed by atoms with Crippen LogP contribution < -0.4 is 4.90 Å². The largest absolute Gasteiger partial charge is 0.329 e. The number of carbonyl (C=O) groups excluding carboxylic acids is 1. The Bertz CT molecular complexity index is 712. The number of hydrogen-bond donors (Lipinski definition) is 1. The van der Waals surface area contributed by atoms with Crippen LogP contribution in [0, 0.1) is 33.8 Å². The third-order valence-electron chi connectivity index (χ3n) is 7.72. The fourth-order valence-electron chi connectivity index (χ4n) is 6.83. The Hall–Kier alpha value is -1.95. The molecule has 27 heavy (non-hydrogen) atoms. The number of nitrogens with zero attached hydrogens (tertiary/aromatic N) is 2. The molecule has 1 aliphatic heterocycles. The smallest absolute Gasteiger partial charge is 0.269 e. The highest BCUT2D eigenvalue weighted by Gasteiger charge is 2.52. The molecular weight excluding hydrogens is 342 g/mol. The number of nitro groups is 1. The average Bonchev–Trinajstić information content (AvgIpc) is 2.67. The van der Waals surface area contributed by atoms with Crippen molar-refractivity contribution in [2.75, 3.05) is 26.2 Å². The van der Waals surface area contributed by atoms with Gasteiger partial charge in [0.1, 0.15) is 0 Å². The van der Waals surface area contributed by atoms with Crippen LogP contribution in [-0.2, 0) is 0 Å². The highest BCUT2D eigenvalue weighted by Crippen LogP contribution is 2.53. The van der Waals surface area contributed by atoms with Gasteiger partial charge in [0.2, 0.25) is 0 Å². The van der Waals surface area contributed by atoms with Gasteiger partial charge in [-0.3, -0.25) is 14.9 Å². The summed E-state index contributed by atoms with van der Waals surface area (Å²) >= 11 is 0. The van der Waals surface area contributed by atoms with Crippen LogP contribution in [0.25, 0.3) is 0 Å². The fraction of sp³-hybridized carbons (Fsp3) is 0.667. The molecule has 0 atom stereocenters. The van der Waals surface area contributed by atoms with E-state index in [-0.39, 0.29) is 11.6 Å². The molecule has 0 radical (unpaired) electrons. The number of piperazine rings is 1. The van der Waals surface area contributed by atoms with Gasteiger partial charge < -0.3 is 9.80 Å². The molecule has 0 unspecified atom stereocenters. The molecule has 4 aliphatic carbocycles. The molecule has 144 valence electrons. The van der Waals surface area contributed by atoms with Crippen molar-refractivity contribution >= 4 is 11.6 Å². The highest BCUT2D eigenvalue weighted by molar-refractivity contribution is 5.94. The minimum absolute atomic E-state index is 0.00836. The van der Waals surface area contributed by atoms with Crippen molar-refractivity contribution in [2.45, 2.75) is 38.1 Å². The van der Waals surface area contributed by atoms with E-state index in [4.69, 9.17) is 0 Å². The molecule has 1 amide bonds. The number of rotatable bonds is 3. The SMILES string of the molecule is O=C(c1ccc([N+](=O)[O-])cc1)N1CC[NH+](C2C3CC4CC(C3)CC2C4)CC1. The molecule has 1 aromatic rings. The van der Waals surface area contributed by atoms with Gasteiger partial charge in [-0.05, 0) is 56.1 Å². The summed E-state index contributed by atoms with van der Waals surface area (Å²) < 4.78 is 0. The van der Waals surface area contributed by atoms with E-state index in [1.807, 2.05) is 4.90 Å². The summed E-state index contributed by atoms with van der Waals surface area (Å²) in [5.41, 5.74) is 0.585. The van der Waals surface area contributed by atoms with Gasteiger partial charge in [0.05, 0.1) is 37.1 Å². The summed E-state index contributed by atoms with van der Waals surface area (Å²) in [6.45, 7) is 3.69. The van der Waals surface area contributed by atoms with Crippen molar-refractivity contribution < 1.29 is 14.6 Å². The zero-order valence-electron chi connectivity index (χ0n) is 15.7. The van der Waals surface area contributed by atoms with E-state index in [1.165, 1.54) is 44.2 Å². The second kappa shape index (κ2) is 6.59. The number of amides is 1. The van der Waals surface area contributed by atoms with Crippen molar-refractivity contribution in [2.24, 2.45) is 23.7 Å². The van der Waals surface area contributed by atoms with Gasteiger partial charge in [0, 0.05) is 29.5 Å². The summed E-state index contributed by atoms with van der Waals surface area (Å²) in [4.78, 5) is 26.8. The molecular formula is C21H28N3O3+. The van der Waals surface area contributed by atoms with Gasteiger partial charge in [0.15, 0.2) is 0 Å². The molecule has 1 heterocycles. The Kier molecular flexibility index (Phi) is 4.19. The van der Waals surface area contributed by atoms with Crippen LogP contribution in [0.15, 0.2) is 24.3 Å². The van der Waals surface area contributed by atoms with E-state index < -0.39 is 4.92 Å². The molecule has 6 rings (SSSR count). The molecule has 5 aliphatic rings. The van der Waals surface area contributed by atoms with Crippen LogP contribution in [0.2, 0.25) is 0 Å². The first-order chi connectivity index (χ1) is 13.1. The van der Waals surface area contributed by atoms with E-state index in [0.29, 0.717) is 5.56 Å². The maximum Gasteiger partial charge on any atom is 0.269 e. The van der Waals surface area contributed by atoms with Crippen LogP contribution in [-0.4, -0.2) is 48.0 Å². The van der Waals surface area contributed by atoms with Crippen molar-refractivity contribution in [1.29, 1.82) is 0 Å². The van der Waals surface area contributed by atoms with E-state index in [1.54, 1.807) is 17.0 Å². The molecule has 5 fully saturated rings. The average molecular weight is 370 g/mol. The van der Waals surface area contributed by atoms with Crippen molar-refractivity contribution in [3.63, 3.8) is 0 Å². The molecule has 6 nitrogen and oxygen atoms in total. The van der Waals surface area contributed by atoms with Gasteiger partial charge >= 0.3 is 0 Å². The standard InChI is InChI=1S/C21H27N3O3/c25-21(16-1-3-19(4-2-16)24(26)27)23-7-5-22(6-8-23)20-17-10-14-9-15(12-17)13-18(20)11-14/h1-4,14-15,17-18,20H,5-13H2/p+1. The van der Waals surface area contributed by atoms with Crippen molar-refractivity contribution in [1.82, 2.24) is 4.90 Å². The summed E-state index contributed by atoms with van der Waals surface area (Å²) in [5, 5.41) is 10.8. The number of non-ortho nitro benzene ring substituents is 1. The Morgan fingerprint density at radius 2 is 1.52 bits per heavy atom. The van der Waals surface area contributed by atoms with E-state index >= 15 is 0 Å². The zero-order valence-corrected chi connectivity index (χ0v) is 15.7. The second-order valence-electron chi connectivity index (χ2n) is 9.21. The van der Waals surface area contributed by atoms with Gasteiger partial charge in [-0.15, -0.1) is 0 Å². The van der Waals surface area contributed by atoms with Crippen LogP contribution in [0.1, 0.15) is 42.5 Å². The minimum Gasteiger partial charge on any atom is -0.329 e. The summed E-state index contributed by atoms with van der Waals surface area (Å²) in [6, 6.07) is 6.83. The lowest BCUT2D eigenvalue weighted by molar-refractivity contribution is -0.939. The Balaban J connectivity index is 1.21. The minimum atomic E-state index is -0.429. The third-order valence-corrected chi connectivity index (χ3v) is 7.72. The Labute approximate surface area is 159 Å². The van der Waals surface area contributed by atoms with E-state index in [9.17, 15) is 14.9 Å². The molecule has 1 aromatic carbocycles. The van der Waals surface area contributed by atoms with Crippen LogP contribution in [0.5, 0.6) is 0 Å². The molecule has 0 aromatic heterocycles. The van der Waals surface area contributed by atoms with Crippen molar-refractivity contribution in [3.05, 3.63) is 39.9 Å². The molecule has 6 heteroatoms. The van der Waals surface area contributed by atoms with Gasteiger partial charge in [0.25, 0.3) is 11.6 Å². The summed E-state index contributed by atoms with van der Waals surface area (Å²) in [6.07, 6.45) is 7.30. The van der Waals surface area contributed by atoms with Crippen LogP contribution >= 0.6 is 0 Å². The van der Waals surface area contributed by atoms with Gasteiger partial charge in [-0.2, -0.15) is 0 Å². The van der Waals surface area contributed by atoms with Crippen molar-refractivity contribution in [3.8, 4) is 0 Å². The zero-order chi connectivity index (χ0) is 18.5. The Morgan fingerprint density at radius 1 is 0.963 bits per heavy atom. The normalized spacial score (nSPS) is 35.4. The number of carbonyl (C=O) groups is 1. The Morgan fingerprint density at radius 3 is 2.04 bits per heavy atom. The topological polar surface area (TPSA) is 67.9 Å². The lowest BCUT2D eigenvalue weighted by atomic mass is 9.54. The molecule has 4 bridgehead atoms. The molecule has 1 saturated heterocycles. The van der Waals surface area contributed by atoms with Crippen LogP contribution in [0.3, 0.4) is 0 Å². The fourth-order valence-corrected chi connectivity index (χ4v) is 6.83. The number of quaternary nitrogens is 1. The number of hydrogen-bond acceptors (Lipinski definition) is 3. The predicted octanol–water partition coefficient (Wildman–Crippen LogP) is 1.76. The monoisotopic (exact) mass is 370 g/mol. The van der Waals surface area contributed by atoms with Crippen LogP contribution in [0.4, 0.5) is 5.69 Å². The highest BCUT2D eigenvalue weighted by atomic mass is 16.6. The summed E-state index contributed by atoms with van der Waals surface area (Å²) in [5.74, 6) is 3.87. The lowest BCUT2D eigenvalue weighted by Crippen LogP contribution is -3.20. The molecule has 4 saturated carbocycles. The molecule has 1 N–H and O–H groups in total. The third kappa shape index (κ3) is 3.04. The number of benzene rings is 1. The first kappa shape index (κ1) is 17.2. The maximum absolute atomic E-state index is 12.8.